The SMILES string of the molecule is COc1ccc(NC(=O)CCN(c2cc(C)on2)S(C)(=O)=O)c(OC)c1. The van der Waals surface area contributed by atoms with Gasteiger partial charge in [0, 0.05) is 25.1 Å². The number of hydrogen-bond acceptors (Lipinski definition) is 7. The van der Waals surface area contributed by atoms with Crippen LogP contribution < -0.4 is 19.1 Å². The van der Waals surface area contributed by atoms with Gasteiger partial charge in [-0.05, 0) is 19.1 Å². The van der Waals surface area contributed by atoms with E-state index in [4.69, 9.17) is 14.0 Å². The van der Waals surface area contributed by atoms with Crippen LogP contribution in [0.3, 0.4) is 0 Å². The summed E-state index contributed by atoms with van der Waals surface area (Å²) < 4.78 is 40.2. The number of sulfonamides is 1. The van der Waals surface area contributed by atoms with Crippen LogP contribution in [0.1, 0.15) is 12.2 Å². The largest absolute Gasteiger partial charge is 0.497 e. The van der Waals surface area contributed by atoms with Crippen molar-refractivity contribution in [3.05, 3.63) is 30.0 Å². The average molecular weight is 383 g/mol. The van der Waals surface area contributed by atoms with Gasteiger partial charge in [-0.1, -0.05) is 5.16 Å². The number of carbonyl (C=O) groups is 1. The van der Waals surface area contributed by atoms with Crippen molar-refractivity contribution < 1.29 is 27.2 Å². The summed E-state index contributed by atoms with van der Waals surface area (Å²) in [4.78, 5) is 12.2. The molecule has 1 aromatic carbocycles. The second kappa shape index (κ2) is 8.09. The third-order valence-corrected chi connectivity index (χ3v) is 4.67. The predicted octanol–water partition coefficient (Wildman–Crippen LogP) is 1.80. The minimum atomic E-state index is -3.61. The van der Waals surface area contributed by atoms with Crippen LogP contribution in [-0.4, -0.2) is 46.5 Å². The molecule has 0 saturated heterocycles. The molecular weight excluding hydrogens is 362 g/mol. The molecule has 2 rings (SSSR count). The van der Waals surface area contributed by atoms with Crippen LogP contribution in [-0.2, 0) is 14.8 Å². The van der Waals surface area contributed by atoms with Gasteiger partial charge in [-0.15, -0.1) is 0 Å². The Hall–Kier alpha value is -2.75. The number of amides is 1. The Kier molecular flexibility index (Phi) is 6.09. The van der Waals surface area contributed by atoms with Gasteiger partial charge in [-0.25, -0.2) is 8.42 Å². The highest BCUT2D eigenvalue weighted by atomic mass is 32.2. The van der Waals surface area contributed by atoms with Crippen LogP contribution in [0.25, 0.3) is 0 Å². The number of rotatable bonds is 8. The summed E-state index contributed by atoms with van der Waals surface area (Å²) in [6, 6.07) is 6.45. The number of aryl methyl sites for hydroxylation is 1. The van der Waals surface area contributed by atoms with Crippen LogP contribution in [0, 0.1) is 6.92 Å². The first-order valence-electron chi connectivity index (χ1n) is 7.67. The fourth-order valence-corrected chi connectivity index (χ4v) is 3.09. The van der Waals surface area contributed by atoms with Gasteiger partial charge < -0.3 is 19.3 Å². The Labute approximate surface area is 151 Å². The first kappa shape index (κ1) is 19.6. The van der Waals surface area contributed by atoms with Gasteiger partial charge in [-0.3, -0.25) is 9.10 Å². The van der Waals surface area contributed by atoms with Crippen molar-refractivity contribution in [2.24, 2.45) is 0 Å². The second-order valence-electron chi connectivity index (χ2n) is 5.50. The monoisotopic (exact) mass is 383 g/mol. The van der Waals surface area contributed by atoms with Crippen molar-refractivity contribution >= 4 is 27.4 Å². The Balaban J connectivity index is 2.07. The van der Waals surface area contributed by atoms with E-state index in [1.54, 1.807) is 25.1 Å². The lowest BCUT2D eigenvalue weighted by molar-refractivity contribution is -0.116. The lowest BCUT2D eigenvalue weighted by atomic mass is 10.2. The topological polar surface area (TPSA) is 111 Å². The molecule has 0 fully saturated rings. The smallest absolute Gasteiger partial charge is 0.233 e. The number of hydrogen-bond donors (Lipinski definition) is 1. The average Bonchev–Trinajstić information content (AvgIpc) is 3.00. The van der Waals surface area contributed by atoms with E-state index >= 15 is 0 Å². The zero-order chi connectivity index (χ0) is 19.3. The van der Waals surface area contributed by atoms with Gasteiger partial charge in [0.05, 0.1) is 26.2 Å². The molecule has 0 spiro atoms. The second-order valence-corrected chi connectivity index (χ2v) is 7.40. The molecule has 0 aliphatic rings. The zero-order valence-corrected chi connectivity index (χ0v) is 15.8. The molecule has 9 nitrogen and oxygen atoms in total. The van der Waals surface area contributed by atoms with Gasteiger partial charge in [-0.2, -0.15) is 0 Å². The molecule has 2 aromatic rings. The molecule has 0 radical (unpaired) electrons. The summed E-state index contributed by atoms with van der Waals surface area (Å²) in [5.74, 6) is 1.26. The van der Waals surface area contributed by atoms with E-state index in [0.717, 1.165) is 10.6 Å². The third-order valence-electron chi connectivity index (χ3n) is 3.50. The van der Waals surface area contributed by atoms with Crippen LogP contribution in [0.5, 0.6) is 11.5 Å². The minimum absolute atomic E-state index is 0.0743. The van der Waals surface area contributed by atoms with Gasteiger partial charge >= 0.3 is 0 Å². The van der Waals surface area contributed by atoms with Gasteiger partial charge in [0.25, 0.3) is 0 Å². The molecular formula is C16H21N3O6S. The van der Waals surface area contributed by atoms with E-state index in [9.17, 15) is 13.2 Å². The number of ether oxygens (including phenoxy) is 2. The number of anilines is 2. The van der Waals surface area contributed by atoms with E-state index < -0.39 is 10.0 Å². The number of carbonyl (C=O) groups excluding carboxylic acids is 1. The van der Waals surface area contributed by atoms with Crippen LogP contribution in [0.4, 0.5) is 11.5 Å². The fourth-order valence-electron chi connectivity index (χ4n) is 2.24. The highest BCUT2D eigenvalue weighted by Gasteiger charge is 2.22. The van der Waals surface area contributed by atoms with Crippen LogP contribution in [0.2, 0.25) is 0 Å². The molecule has 0 aliphatic carbocycles. The summed E-state index contributed by atoms with van der Waals surface area (Å²) in [7, 11) is -0.604. The van der Waals surface area contributed by atoms with E-state index in [1.165, 1.54) is 20.3 Å². The first-order chi connectivity index (χ1) is 12.2. The molecule has 0 aliphatic heterocycles. The zero-order valence-electron chi connectivity index (χ0n) is 15.0. The summed E-state index contributed by atoms with van der Waals surface area (Å²) in [6.45, 7) is 1.58. The van der Waals surface area contributed by atoms with Crippen molar-refractivity contribution in [3.8, 4) is 11.5 Å². The van der Waals surface area contributed by atoms with E-state index in [2.05, 4.69) is 10.5 Å². The standard InChI is InChI=1S/C16H21N3O6S/c1-11-9-15(18-25-11)19(26(4,21)22)8-7-16(20)17-13-6-5-12(23-2)10-14(13)24-3/h5-6,9-10H,7-8H2,1-4H3,(H,17,20). The maximum atomic E-state index is 12.2. The van der Waals surface area contributed by atoms with Crippen LogP contribution >= 0.6 is 0 Å². The number of benzene rings is 1. The molecule has 10 heteroatoms. The maximum absolute atomic E-state index is 12.2. The Morgan fingerprint density at radius 1 is 1.27 bits per heavy atom. The van der Waals surface area contributed by atoms with Crippen molar-refractivity contribution in [1.82, 2.24) is 5.16 Å². The van der Waals surface area contributed by atoms with Crippen molar-refractivity contribution in [1.29, 1.82) is 0 Å². The van der Waals surface area contributed by atoms with Crippen molar-refractivity contribution in [2.75, 3.05) is 36.6 Å². The quantitative estimate of drug-likeness (QED) is 0.740. The third kappa shape index (κ3) is 4.88. The molecule has 142 valence electrons. The summed E-state index contributed by atoms with van der Waals surface area (Å²) in [5.41, 5.74) is 0.460. The van der Waals surface area contributed by atoms with E-state index in [1.807, 2.05) is 0 Å². The number of aromatic nitrogens is 1. The van der Waals surface area contributed by atoms with Gasteiger partial charge in [0.15, 0.2) is 5.82 Å². The Morgan fingerprint density at radius 3 is 2.54 bits per heavy atom. The Morgan fingerprint density at radius 2 is 2.00 bits per heavy atom. The molecule has 1 aromatic heterocycles. The summed E-state index contributed by atoms with van der Waals surface area (Å²) in [5, 5.41) is 6.39. The molecule has 1 heterocycles. The van der Waals surface area contributed by atoms with Crippen LogP contribution in [0.15, 0.2) is 28.8 Å². The maximum Gasteiger partial charge on any atom is 0.233 e. The van der Waals surface area contributed by atoms with Gasteiger partial charge in [0.1, 0.15) is 17.3 Å². The predicted molar refractivity (Wildman–Crippen MR) is 96.2 cm³/mol. The van der Waals surface area contributed by atoms with Crippen molar-refractivity contribution in [3.63, 3.8) is 0 Å². The molecule has 0 saturated carbocycles. The molecule has 0 bridgehead atoms. The van der Waals surface area contributed by atoms with Crippen molar-refractivity contribution in [2.45, 2.75) is 13.3 Å². The number of methoxy groups -OCH3 is 2. The number of nitrogens with zero attached hydrogens (tertiary/aromatic N) is 2. The summed E-state index contributed by atoms with van der Waals surface area (Å²) in [6.07, 6.45) is 0.968. The van der Waals surface area contributed by atoms with E-state index in [-0.39, 0.29) is 24.7 Å². The van der Waals surface area contributed by atoms with E-state index in [0.29, 0.717) is 22.9 Å². The summed E-state index contributed by atoms with van der Waals surface area (Å²) >= 11 is 0. The number of nitrogens with one attached hydrogen (secondary N) is 1. The lowest BCUT2D eigenvalue weighted by Gasteiger charge is -2.19. The molecule has 26 heavy (non-hydrogen) atoms. The highest BCUT2D eigenvalue weighted by molar-refractivity contribution is 7.92. The molecule has 0 atom stereocenters. The molecule has 1 amide bonds. The fraction of sp³-hybridized carbons (Fsp3) is 0.375. The Bertz CT molecular complexity index is 878. The lowest BCUT2D eigenvalue weighted by Crippen LogP contribution is -2.33. The minimum Gasteiger partial charge on any atom is -0.497 e. The molecule has 1 N–H and O–H groups in total. The first-order valence-corrected chi connectivity index (χ1v) is 9.52. The normalized spacial score (nSPS) is 11.1. The van der Waals surface area contributed by atoms with Gasteiger partial charge in [0.2, 0.25) is 15.9 Å². The molecule has 0 unspecified atom stereocenters. The highest BCUT2D eigenvalue weighted by Crippen LogP contribution is 2.29.